The van der Waals surface area contributed by atoms with E-state index in [0.29, 0.717) is 19.3 Å². The van der Waals surface area contributed by atoms with Gasteiger partial charge in [0.25, 0.3) is 0 Å². The summed E-state index contributed by atoms with van der Waals surface area (Å²) < 4.78 is 60.9. The minimum atomic E-state index is -4.94. The van der Waals surface area contributed by atoms with E-state index in [-0.39, 0.29) is 19.3 Å². The van der Waals surface area contributed by atoms with Gasteiger partial charge < -0.3 is 34.2 Å². The minimum Gasteiger partial charge on any atom is -0.463 e. The van der Waals surface area contributed by atoms with E-state index < -0.39 is 91.5 Å². The first-order chi connectivity index (χ1) is 44.2. The molecule has 18 heteroatoms. The van der Waals surface area contributed by atoms with Gasteiger partial charge in [0.2, 0.25) is 0 Å². The molecule has 522 valence electrons. The number of aliphatic hydroxyl groups excluding tert-OH is 2. The Morgan fingerprint density at radius 3 is 0.923 bits per heavy atom. The first-order valence-electron chi connectivity index (χ1n) is 34.8. The number of hydrogen-bond donors (Lipinski definition) is 4. The van der Waals surface area contributed by atoms with Crippen LogP contribution in [0.15, 0.2) is 122 Å². The second-order valence-corrected chi connectivity index (χ2v) is 25.8. The Morgan fingerprint density at radius 1 is 0.319 bits per heavy atom. The van der Waals surface area contributed by atoms with E-state index >= 15 is 0 Å². The summed E-state index contributed by atoms with van der Waals surface area (Å²) in [5.74, 6) is -1.62. The van der Waals surface area contributed by atoms with Crippen LogP contribution in [0.5, 0.6) is 0 Å². The molecule has 0 spiro atoms. The molecule has 0 rings (SSSR count). The highest BCUT2D eigenvalue weighted by molar-refractivity contribution is 7.47. The lowest BCUT2D eigenvalue weighted by atomic mass is 10.1. The maximum Gasteiger partial charge on any atom is 0.472 e. The Morgan fingerprint density at radius 2 is 0.582 bits per heavy atom. The van der Waals surface area contributed by atoms with Gasteiger partial charge in [-0.05, 0) is 128 Å². The van der Waals surface area contributed by atoms with Gasteiger partial charge in [-0.1, -0.05) is 239 Å². The molecule has 0 amide bonds. The molecule has 5 unspecified atom stereocenters. The first kappa shape index (κ1) is 87.0. The molecule has 0 radical (unpaired) electrons. The van der Waals surface area contributed by atoms with Gasteiger partial charge in [0.05, 0.1) is 26.4 Å². The Bertz CT molecular complexity index is 2140. The maximum atomic E-state index is 12.9. The molecule has 0 aromatic carbocycles. The summed E-state index contributed by atoms with van der Waals surface area (Å²) in [6.45, 7) is 2.37. The molecular formula is C73H124O16P2. The van der Waals surface area contributed by atoms with Crippen LogP contribution in [0.1, 0.15) is 265 Å². The molecule has 0 bridgehead atoms. The number of ether oxygens (including phenoxy) is 3. The average molecular weight is 1320 g/mol. The average Bonchev–Trinajstić information content (AvgIpc) is 3.02. The van der Waals surface area contributed by atoms with Crippen LogP contribution in [0.3, 0.4) is 0 Å². The quantitative estimate of drug-likeness (QED) is 0.0146. The van der Waals surface area contributed by atoms with Crippen LogP contribution in [0.25, 0.3) is 0 Å². The summed E-state index contributed by atoms with van der Waals surface area (Å²) in [5, 5.41) is 20.6. The van der Waals surface area contributed by atoms with E-state index in [9.17, 15) is 43.5 Å². The third kappa shape index (κ3) is 67.2. The summed E-state index contributed by atoms with van der Waals surface area (Å²) in [5.41, 5.74) is 0. The summed E-state index contributed by atoms with van der Waals surface area (Å²) in [7, 11) is -9.79. The summed E-state index contributed by atoms with van der Waals surface area (Å²) in [6, 6.07) is 0. The number of esters is 3. The number of unbranched alkanes of at least 4 members (excludes halogenated alkanes) is 22. The van der Waals surface area contributed by atoms with Crippen molar-refractivity contribution in [3.8, 4) is 0 Å². The van der Waals surface area contributed by atoms with Crippen LogP contribution >= 0.6 is 15.6 Å². The van der Waals surface area contributed by atoms with E-state index in [1.807, 2.05) is 0 Å². The molecule has 5 atom stereocenters. The second kappa shape index (κ2) is 66.0. The first-order valence-corrected chi connectivity index (χ1v) is 37.8. The Balaban J connectivity index is 4.74. The topological polar surface area (TPSA) is 231 Å². The van der Waals surface area contributed by atoms with Crippen molar-refractivity contribution in [1.82, 2.24) is 0 Å². The molecule has 0 aromatic rings. The Labute approximate surface area is 551 Å². The molecule has 0 aliphatic rings. The van der Waals surface area contributed by atoms with Gasteiger partial charge >= 0.3 is 33.6 Å². The lowest BCUT2D eigenvalue weighted by Gasteiger charge is -2.21. The lowest BCUT2D eigenvalue weighted by molar-refractivity contribution is -0.161. The third-order valence-corrected chi connectivity index (χ3v) is 16.1. The second-order valence-electron chi connectivity index (χ2n) is 22.9. The van der Waals surface area contributed by atoms with Gasteiger partial charge in [0.1, 0.15) is 25.4 Å². The zero-order chi connectivity index (χ0) is 66.7. The largest absolute Gasteiger partial charge is 0.472 e. The highest BCUT2D eigenvalue weighted by atomic mass is 31.2. The molecule has 0 aromatic heterocycles. The van der Waals surface area contributed by atoms with Gasteiger partial charge in [0, 0.05) is 19.3 Å². The van der Waals surface area contributed by atoms with Gasteiger partial charge in [0.15, 0.2) is 6.10 Å². The van der Waals surface area contributed by atoms with Crippen molar-refractivity contribution in [2.24, 2.45) is 0 Å². The SMILES string of the molecule is CC/C=C\C/C=C\C/C=C\C/C=C\CCCCCCCCC(=O)OCC(O)COP(=O)(O)OCC(O)COP(=O)(O)OCC(COC(=O)CCCCCCCC/C=C\C/C=C\C/C=C\CCCCC)OC(=O)CCCCCCCCC/C=C\C/C=C\C/C=C\CC. The van der Waals surface area contributed by atoms with Crippen LogP contribution in [0, 0.1) is 0 Å². The standard InChI is InChI=1S/C73H124O16P2/c1-4-7-10-13-16-19-22-25-28-31-33-36-38-41-44-47-50-53-56-59-71(76)83-62-68(74)63-85-90(79,80)86-64-69(75)65-87-91(81,82)88-67-70(89-73(78)61-58-55-52-49-46-43-40-35-30-27-24-21-18-15-12-9-6-3)66-84-72(77)60-57-54-51-48-45-42-39-37-34-32-29-26-23-20-17-14-11-8-5-2/h7,9-10,12,16-21,25-30,33-34,36-37,68-70,74-75H,4-6,8,11,13-15,22-24,31-32,35,38-67H2,1-3H3,(H,79,80)(H,81,82)/b10-7-,12-9-,19-16-,20-17-,21-18-,28-25-,29-26-,30-27-,36-33-,37-34-. The van der Waals surface area contributed by atoms with Gasteiger partial charge in [-0.25, -0.2) is 9.13 Å². The predicted molar refractivity (Wildman–Crippen MR) is 371 cm³/mol. The molecule has 91 heavy (non-hydrogen) atoms. The summed E-state index contributed by atoms with van der Waals surface area (Å²) in [4.78, 5) is 58.5. The monoisotopic (exact) mass is 1320 g/mol. The number of rotatable bonds is 65. The third-order valence-electron chi connectivity index (χ3n) is 14.2. The molecule has 0 saturated carbocycles. The molecule has 4 N–H and O–H groups in total. The van der Waals surface area contributed by atoms with Crippen LogP contribution in [0.2, 0.25) is 0 Å². The van der Waals surface area contributed by atoms with E-state index in [2.05, 4.69) is 142 Å². The van der Waals surface area contributed by atoms with E-state index in [1.54, 1.807) is 0 Å². The van der Waals surface area contributed by atoms with Crippen LogP contribution in [-0.2, 0) is 55.8 Å². The maximum absolute atomic E-state index is 12.9. The zero-order valence-electron chi connectivity index (χ0n) is 56.5. The van der Waals surface area contributed by atoms with E-state index in [1.165, 1.54) is 19.3 Å². The van der Waals surface area contributed by atoms with Crippen molar-refractivity contribution >= 4 is 33.6 Å². The molecule has 0 saturated heterocycles. The van der Waals surface area contributed by atoms with E-state index in [0.717, 1.165) is 186 Å². The predicted octanol–water partition coefficient (Wildman–Crippen LogP) is 19.4. The fourth-order valence-corrected chi connectivity index (χ4v) is 10.5. The fraction of sp³-hybridized carbons (Fsp3) is 0.685. The number of phosphoric ester groups is 2. The number of allylic oxidation sites excluding steroid dienone is 20. The Hall–Kier alpha value is -4.05. The van der Waals surface area contributed by atoms with Crippen molar-refractivity contribution in [1.29, 1.82) is 0 Å². The highest BCUT2D eigenvalue weighted by Gasteiger charge is 2.29. The van der Waals surface area contributed by atoms with Crippen molar-refractivity contribution in [3.63, 3.8) is 0 Å². The van der Waals surface area contributed by atoms with Crippen molar-refractivity contribution in [2.75, 3.05) is 39.6 Å². The number of carbonyl (C=O) groups excluding carboxylic acids is 3. The van der Waals surface area contributed by atoms with Crippen LogP contribution < -0.4 is 0 Å². The zero-order valence-corrected chi connectivity index (χ0v) is 58.3. The number of hydrogen-bond acceptors (Lipinski definition) is 14. The van der Waals surface area contributed by atoms with Gasteiger partial charge in [-0.3, -0.25) is 32.5 Å². The number of carbonyl (C=O) groups is 3. The smallest absolute Gasteiger partial charge is 0.463 e. The van der Waals surface area contributed by atoms with Crippen LogP contribution in [0.4, 0.5) is 0 Å². The molecular weight excluding hydrogens is 1190 g/mol. The summed E-state index contributed by atoms with van der Waals surface area (Å²) >= 11 is 0. The van der Waals surface area contributed by atoms with Gasteiger partial charge in [-0.15, -0.1) is 0 Å². The normalized spacial score (nSPS) is 14.9. The molecule has 16 nitrogen and oxygen atoms in total. The van der Waals surface area contributed by atoms with Crippen molar-refractivity contribution in [2.45, 2.75) is 283 Å². The van der Waals surface area contributed by atoms with Gasteiger partial charge in [-0.2, -0.15) is 0 Å². The Kier molecular flexibility index (Phi) is 63.1. The molecule has 0 aliphatic heterocycles. The molecule has 0 fully saturated rings. The van der Waals surface area contributed by atoms with Crippen molar-refractivity contribution in [3.05, 3.63) is 122 Å². The van der Waals surface area contributed by atoms with Crippen LogP contribution in [-0.4, -0.2) is 95.9 Å². The summed E-state index contributed by atoms with van der Waals surface area (Å²) in [6.07, 6.45) is 75.2. The lowest BCUT2D eigenvalue weighted by Crippen LogP contribution is -2.30. The number of aliphatic hydroxyl groups is 2. The van der Waals surface area contributed by atoms with E-state index in [4.69, 9.17) is 32.3 Å². The minimum absolute atomic E-state index is 0.0871. The highest BCUT2D eigenvalue weighted by Crippen LogP contribution is 2.45. The van der Waals surface area contributed by atoms with Crippen molar-refractivity contribution < 1.29 is 75.8 Å². The number of phosphoric acid groups is 2. The fourth-order valence-electron chi connectivity index (χ4n) is 8.88. The molecule has 0 heterocycles. The molecule has 0 aliphatic carbocycles.